The van der Waals surface area contributed by atoms with Crippen LogP contribution in [0.4, 0.5) is 34.1 Å². The van der Waals surface area contributed by atoms with Crippen molar-refractivity contribution in [3.05, 3.63) is 179 Å². The quantitative estimate of drug-likeness (QED) is 0.139. The second-order valence-electron chi connectivity index (χ2n) is 13.0. The molecule has 0 unspecified atom stereocenters. The van der Waals surface area contributed by atoms with E-state index in [1.54, 1.807) is 0 Å². The van der Waals surface area contributed by atoms with Crippen molar-refractivity contribution >= 4 is 46.3 Å². The highest BCUT2D eigenvalue weighted by molar-refractivity contribution is 5.80. The number of anilines is 6. The molecule has 0 aromatic heterocycles. The molecule has 0 saturated carbocycles. The van der Waals surface area contributed by atoms with Gasteiger partial charge in [0.1, 0.15) is 0 Å². The fourth-order valence-corrected chi connectivity index (χ4v) is 5.94. The van der Waals surface area contributed by atoms with Gasteiger partial charge in [0.15, 0.2) is 0 Å². The molecule has 6 aromatic rings. The van der Waals surface area contributed by atoms with E-state index < -0.39 is 0 Å². The maximum atomic E-state index is 9.34. The molecule has 0 amide bonds. The first kappa shape index (κ1) is 33.5. The van der Waals surface area contributed by atoms with Crippen LogP contribution in [-0.2, 0) is 0 Å². The molecule has 4 heteroatoms. The van der Waals surface area contributed by atoms with Crippen molar-refractivity contribution in [3.63, 3.8) is 0 Å². The van der Waals surface area contributed by atoms with Gasteiger partial charge in [-0.1, -0.05) is 88.4 Å². The van der Waals surface area contributed by atoms with E-state index in [2.05, 4.69) is 159 Å². The number of rotatable bonds is 10. The summed E-state index contributed by atoms with van der Waals surface area (Å²) >= 11 is 0. The Morgan fingerprint density at radius 3 is 0.860 bits per heavy atom. The molecule has 0 spiro atoms. The van der Waals surface area contributed by atoms with Gasteiger partial charge in [0, 0.05) is 34.1 Å². The number of nitriles is 2. The third-order valence-corrected chi connectivity index (χ3v) is 8.92. The average Bonchev–Trinajstić information content (AvgIpc) is 3.16. The van der Waals surface area contributed by atoms with Crippen molar-refractivity contribution in [2.24, 2.45) is 0 Å². The molecule has 0 aliphatic rings. The normalized spacial score (nSPS) is 11.0. The summed E-state index contributed by atoms with van der Waals surface area (Å²) in [6, 6.07) is 54.3. The largest absolute Gasteiger partial charge is 0.311 e. The molecule has 0 bridgehead atoms. The first-order chi connectivity index (χ1) is 24.3. The Labute approximate surface area is 296 Å². The molecule has 0 fully saturated rings. The van der Waals surface area contributed by atoms with Gasteiger partial charge in [-0.3, -0.25) is 0 Å². The Bertz CT molecular complexity index is 1970. The number of benzene rings is 6. The lowest BCUT2D eigenvalue weighted by Crippen LogP contribution is -2.10. The lowest BCUT2D eigenvalue weighted by Gasteiger charge is -2.26. The first-order valence-corrected chi connectivity index (χ1v) is 17.0. The van der Waals surface area contributed by atoms with E-state index in [4.69, 9.17) is 0 Å². The van der Waals surface area contributed by atoms with Crippen molar-refractivity contribution in [3.8, 4) is 12.1 Å². The minimum absolute atomic E-state index is 0.457. The van der Waals surface area contributed by atoms with Gasteiger partial charge < -0.3 is 9.80 Å². The summed E-state index contributed by atoms with van der Waals surface area (Å²) in [5.41, 5.74) is 12.3. The van der Waals surface area contributed by atoms with Crippen LogP contribution >= 0.6 is 0 Å². The zero-order valence-electron chi connectivity index (χ0n) is 29.0. The monoisotopic (exact) mass is 648 g/mol. The Morgan fingerprint density at radius 2 is 0.620 bits per heavy atom. The van der Waals surface area contributed by atoms with Crippen molar-refractivity contribution in [1.82, 2.24) is 0 Å². The van der Waals surface area contributed by atoms with E-state index >= 15 is 0 Å². The van der Waals surface area contributed by atoms with Gasteiger partial charge in [-0.15, -0.1) is 0 Å². The van der Waals surface area contributed by atoms with Gasteiger partial charge in [-0.2, -0.15) is 10.5 Å². The van der Waals surface area contributed by atoms with Gasteiger partial charge in [0.25, 0.3) is 0 Å². The predicted octanol–water partition coefficient (Wildman–Crippen LogP) is 12.8. The highest BCUT2D eigenvalue weighted by Crippen LogP contribution is 2.37. The van der Waals surface area contributed by atoms with Crippen molar-refractivity contribution in [2.45, 2.75) is 39.5 Å². The topological polar surface area (TPSA) is 54.1 Å². The van der Waals surface area contributed by atoms with Crippen molar-refractivity contribution < 1.29 is 0 Å². The second-order valence-corrected chi connectivity index (χ2v) is 13.0. The van der Waals surface area contributed by atoms with Gasteiger partial charge >= 0.3 is 0 Å². The molecule has 0 N–H and O–H groups in total. The van der Waals surface area contributed by atoms with E-state index in [9.17, 15) is 10.5 Å². The molecule has 6 rings (SSSR count). The zero-order chi connectivity index (χ0) is 35.0. The highest BCUT2D eigenvalue weighted by Gasteiger charge is 2.15. The van der Waals surface area contributed by atoms with Gasteiger partial charge in [-0.25, -0.2) is 0 Å². The molecule has 0 atom stereocenters. The average molecular weight is 649 g/mol. The molecule has 50 heavy (non-hydrogen) atoms. The molecule has 0 saturated heterocycles. The number of hydrogen-bond donors (Lipinski definition) is 0. The summed E-state index contributed by atoms with van der Waals surface area (Å²) in [7, 11) is 0. The predicted molar refractivity (Wildman–Crippen MR) is 209 cm³/mol. The second kappa shape index (κ2) is 15.2. The minimum atomic E-state index is 0.457. The fourth-order valence-electron chi connectivity index (χ4n) is 5.94. The van der Waals surface area contributed by atoms with E-state index in [1.807, 2.05) is 48.5 Å². The molecule has 244 valence electrons. The lowest BCUT2D eigenvalue weighted by molar-refractivity contribution is 0.866. The first-order valence-electron chi connectivity index (χ1n) is 17.0. The van der Waals surface area contributed by atoms with Crippen LogP contribution in [0.25, 0.3) is 12.2 Å². The standard InChI is InChI=1S/C46H40N4/c1-33(2)39-15-27-45(28-16-39)49(43-23-11-37(31-47)12-24-43)41-19-7-35(8-20-41)5-6-36-9-21-42(22-10-36)50(44-25-13-38(32-48)14-26-44)46-29-17-40(18-30-46)34(3)4/h5-30,33-34H,1-4H3/b6-5+. The van der Waals surface area contributed by atoms with Gasteiger partial charge in [0.05, 0.1) is 23.3 Å². The zero-order valence-corrected chi connectivity index (χ0v) is 29.0. The minimum Gasteiger partial charge on any atom is -0.311 e. The van der Waals surface area contributed by atoms with Gasteiger partial charge in [0.2, 0.25) is 0 Å². The van der Waals surface area contributed by atoms with Crippen LogP contribution in [0, 0.1) is 22.7 Å². The Kier molecular flexibility index (Phi) is 10.2. The molecule has 6 aromatic carbocycles. The van der Waals surface area contributed by atoms with Crippen molar-refractivity contribution in [2.75, 3.05) is 9.80 Å². The lowest BCUT2D eigenvalue weighted by atomic mass is 10.0. The maximum absolute atomic E-state index is 9.34. The Hall–Kier alpha value is -6.36. The van der Waals surface area contributed by atoms with Crippen LogP contribution in [-0.4, -0.2) is 0 Å². The molecule has 0 aliphatic heterocycles. The summed E-state index contributed by atoms with van der Waals surface area (Å²) in [5.74, 6) is 0.913. The maximum Gasteiger partial charge on any atom is 0.0991 e. The van der Waals surface area contributed by atoms with E-state index in [0.717, 1.165) is 45.3 Å². The molecule has 0 radical (unpaired) electrons. The highest BCUT2D eigenvalue weighted by atomic mass is 15.1. The number of hydrogen-bond acceptors (Lipinski definition) is 4. The van der Waals surface area contributed by atoms with E-state index in [1.165, 1.54) is 11.1 Å². The Morgan fingerprint density at radius 1 is 0.380 bits per heavy atom. The fraction of sp³-hybridized carbons (Fsp3) is 0.130. The van der Waals surface area contributed by atoms with Crippen LogP contribution in [0.1, 0.15) is 72.9 Å². The van der Waals surface area contributed by atoms with Crippen LogP contribution in [0.3, 0.4) is 0 Å². The van der Waals surface area contributed by atoms with Crippen molar-refractivity contribution in [1.29, 1.82) is 10.5 Å². The summed E-state index contributed by atoms with van der Waals surface area (Å²) in [4.78, 5) is 4.43. The number of nitrogens with zero attached hydrogens (tertiary/aromatic N) is 4. The van der Waals surface area contributed by atoms with Gasteiger partial charge in [-0.05, 0) is 131 Å². The van der Waals surface area contributed by atoms with Crippen LogP contribution in [0.5, 0.6) is 0 Å². The molecule has 4 nitrogen and oxygen atoms in total. The smallest absolute Gasteiger partial charge is 0.0991 e. The molecule has 0 aliphatic carbocycles. The van der Waals surface area contributed by atoms with Crippen LogP contribution in [0.15, 0.2) is 146 Å². The molecule has 0 heterocycles. The third kappa shape index (κ3) is 7.68. The summed E-state index contributed by atoms with van der Waals surface area (Å²) in [5, 5.41) is 18.7. The summed E-state index contributed by atoms with van der Waals surface area (Å²) in [6.07, 6.45) is 4.26. The third-order valence-electron chi connectivity index (χ3n) is 8.92. The SMILES string of the molecule is CC(C)c1ccc(N(c2ccc(C#N)cc2)c2ccc(/C=C/c3ccc(N(c4ccc(C#N)cc4)c4ccc(C(C)C)cc4)cc3)cc2)cc1. The van der Waals surface area contributed by atoms with Crippen LogP contribution in [0.2, 0.25) is 0 Å². The Balaban J connectivity index is 1.24. The molecular formula is C46H40N4. The van der Waals surface area contributed by atoms with E-state index in [0.29, 0.717) is 23.0 Å². The van der Waals surface area contributed by atoms with E-state index in [-0.39, 0.29) is 0 Å². The summed E-state index contributed by atoms with van der Waals surface area (Å²) in [6.45, 7) is 8.80. The summed E-state index contributed by atoms with van der Waals surface area (Å²) < 4.78 is 0. The molecular weight excluding hydrogens is 609 g/mol. The van der Waals surface area contributed by atoms with Crippen LogP contribution < -0.4 is 9.80 Å².